The van der Waals surface area contributed by atoms with Crippen LogP contribution in [0.1, 0.15) is 11.1 Å². The minimum Gasteiger partial charge on any atom is -0.497 e. The first-order chi connectivity index (χ1) is 19.0. The number of methoxy groups -OCH3 is 2. The molecule has 2 amide bonds. The number of amides is 2. The fourth-order valence-corrected chi connectivity index (χ4v) is 6.33. The van der Waals surface area contributed by atoms with Gasteiger partial charge in [-0.15, -0.1) is 11.8 Å². The Labute approximate surface area is 233 Å². The maximum Gasteiger partial charge on any atom is 0.394 e. The van der Waals surface area contributed by atoms with Gasteiger partial charge in [-0.3, -0.25) is 20.1 Å². The van der Waals surface area contributed by atoms with Crippen LogP contribution in [0.4, 0.5) is 0 Å². The van der Waals surface area contributed by atoms with Crippen molar-refractivity contribution in [1.82, 2.24) is 9.80 Å². The van der Waals surface area contributed by atoms with Gasteiger partial charge in [0.25, 0.3) is 0 Å². The lowest BCUT2D eigenvalue weighted by Crippen LogP contribution is -2.37. The Hall–Kier alpha value is -3.86. The second kappa shape index (κ2) is 14.5. The van der Waals surface area contributed by atoms with Crippen LogP contribution >= 0.6 is 11.8 Å². The number of thioether (sulfide) groups is 1. The summed E-state index contributed by atoms with van der Waals surface area (Å²) in [4.78, 5) is 48.0. The summed E-state index contributed by atoms with van der Waals surface area (Å²) in [7, 11) is -0.525. The van der Waals surface area contributed by atoms with Crippen molar-refractivity contribution in [2.24, 2.45) is 0 Å². The summed E-state index contributed by atoms with van der Waals surface area (Å²) >= 11 is 1.62. The Morgan fingerprint density at radius 2 is 1.30 bits per heavy atom. The van der Waals surface area contributed by atoms with Crippen LogP contribution < -0.4 is 9.47 Å². The highest BCUT2D eigenvalue weighted by Crippen LogP contribution is 2.30. The van der Waals surface area contributed by atoms with Gasteiger partial charge in [-0.05, 0) is 47.5 Å². The van der Waals surface area contributed by atoms with Gasteiger partial charge >= 0.3 is 23.8 Å². The largest absolute Gasteiger partial charge is 0.497 e. The normalized spacial score (nSPS) is 15.2. The smallest absolute Gasteiger partial charge is 0.394 e. The number of carbonyl (C=O) groups is 4. The molecule has 16 heteroatoms. The zero-order valence-corrected chi connectivity index (χ0v) is 23.1. The molecular formula is C24H28N2O12S2. The Balaban J connectivity index is 0.000000265. The molecule has 40 heavy (non-hydrogen) atoms. The maximum atomic E-state index is 12.1. The van der Waals surface area contributed by atoms with Crippen molar-refractivity contribution < 1.29 is 57.8 Å². The molecule has 0 spiro atoms. The van der Waals surface area contributed by atoms with Crippen LogP contribution in [0.2, 0.25) is 0 Å². The van der Waals surface area contributed by atoms with E-state index in [1.54, 1.807) is 18.9 Å². The summed E-state index contributed by atoms with van der Waals surface area (Å²) < 4.78 is 34.4. The predicted octanol–water partition coefficient (Wildman–Crippen LogP) is 1.13. The molecule has 4 rings (SSSR count). The molecular weight excluding hydrogens is 572 g/mol. The highest BCUT2D eigenvalue weighted by molar-refractivity contribution is 7.99. The first-order valence-electron chi connectivity index (χ1n) is 11.4. The third kappa shape index (κ3) is 8.08. The van der Waals surface area contributed by atoms with E-state index in [9.17, 15) is 27.6 Å². The van der Waals surface area contributed by atoms with Crippen LogP contribution in [0.25, 0.3) is 0 Å². The van der Waals surface area contributed by atoms with Gasteiger partial charge in [0.1, 0.15) is 11.5 Å². The monoisotopic (exact) mass is 600 g/mol. The quantitative estimate of drug-likeness (QED) is 0.217. The molecule has 0 atom stereocenters. The van der Waals surface area contributed by atoms with Crippen molar-refractivity contribution in [2.45, 2.75) is 22.9 Å². The molecule has 0 radical (unpaired) electrons. The van der Waals surface area contributed by atoms with Crippen LogP contribution in [0.5, 0.6) is 11.5 Å². The lowest BCUT2D eigenvalue weighted by molar-refractivity contribution is -0.176. The number of nitrogens with zero attached hydrogens (tertiary/aromatic N) is 2. The van der Waals surface area contributed by atoms with E-state index in [0.717, 1.165) is 15.4 Å². The minimum absolute atomic E-state index is 0.0725. The van der Waals surface area contributed by atoms with E-state index in [-0.39, 0.29) is 23.7 Å². The summed E-state index contributed by atoms with van der Waals surface area (Å²) in [5, 5.41) is 29.5. The Morgan fingerprint density at radius 3 is 1.85 bits per heavy atom. The van der Waals surface area contributed by atoms with Gasteiger partial charge in [-0.2, -0.15) is 0 Å². The third-order valence-corrected chi connectivity index (χ3v) is 8.67. The molecule has 14 nitrogen and oxygen atoms in total. The number of ether oxygens (including phenoxy) is 2. The number of benzene rings is 2. The molecule has 0 fully saturated rings. The van der Waals surface area contributed by atoms with E-state index in [1.165, 1.54) is 30.2 Å². The summed E-state index contributed by atoms with van der Waals surface area (Å²) in [6.07, 6.45) is 0. The minimum atomic E-state index is -3.54. The van der Waals surface area contributed by atoms with Gasteiger partial charge < -0.3 is 29.5 Å². The molecule has 0 bridgehead atoms. The summed E-state index contributed by atoms with van der Waals surface area (Å²) in [5.41, 5.74) is 1.28. The molecule has 0 saturated carbocycles. The SMILES string of the molecule is COc1ccc2c(c1)CN(C(=O)C(=O)O)CCS2.COc1ccc2c(c1)CN(C(=O)C(=O)O)CCS2(=O)=O.OO. The molecule has 0 aliphatic carbocycles. The number of fused-ring (bicyclic) bond motifs is 2. The van der Waals surface area contributed by atoms with Crippen molar-refractivity contribution >= 4 is 45.4 Å². The molecule has 4 N–H and O–H groups in total. The van der Waals surface area contributed by atoms with E-state index < -0.39 is 33.6 Å². The third-order valence-electron chi connectivity index (χ3n) is 5.78. The first-order valence-corrected chi connectivity index (χ1v) is 14.0. The highest BCUT2D eigenvalue weighted by Gasteiger charge is 2.30. The Bertz CT molecular complexity index is 1360. The lowest BCUT2D eigenvalue weighted by atomic mass is 10.2. The first kappa shape index (κ1) is 32.4. The zero-order chi connectivity index (χ0) is 30.0. The van der Waals surface area contributed by atoms with E-state index in [0.29, 0.717) is 35.9 Å². The fourth-order valence-electron chi connectivity index (χ4n) is 3.85. The number of carbonyl (C=O) groups excluding carboxylic acids is 2. The molecule has 0 saturated heterocycles. The number of hydrogen-bond donors (Lipinski definition) is 4. The molecule has 2 aromatic rings. The molecule has 2 aliphatic rings. The van der Waals surface area contributed by atoms with Gasteiger partial charge in [0.2, 0.25) is 0 Å². The van der Waals surface area contributed by atoms with Crippen LogP contribution in [0, 0.1) is 0 Å². The summed E-state index contributed by atoms with van der Waals surface area (Å²) in [6, 6.07) is 10.1. The van der Waals surface area contributed by atoms with Crippen molar-refractivity contribution in [1.29, 1.82) is 0 Å². The number of hydrogen-bond acceptors (Lipinski definition) is 11. The van der Waals surface area contributed by atoms with Gasteiger partial charge in [0.15, 0.2) is 9.84 Å². The van der Waals surface area contributed by atoms with Crippen molar-refractivity contribution in [3.05, 3.63) is 47.5 Å². The lowest BCUT2D eigenvalue weighted by Gasteiger charge is -2.18. The van der Waals surface area contributed by atoms with Gasteiger partial charge in [-0.25, -0.2) is 18.0 Å². The number of rotatable bonds is 2. The molecule has 0 aromatic heterocycles. The molecule has 2 aliphatic heterocycles. The molecule has 0 unspecified atom stereocenters. The van der Waals surface area contributed by atoms with Gasteiger partial charge in [-0.1, -0.05) is 0 Å². The number of carboxylic acids is 2. The Morgan fingerprint density at radius 1 is 0.800 bits per heavy atom. The van der Waals surface area contributed by atoms with E-state index in [2.05, 4.69) is 0 Å². The van der Waals surface area contributed by atoms with Crippen molar-refractivity contribution in [2.75, 3.05) is 38.8 Å². The van der Waals surface area contributed by atoms with Crippen molar-refractivity contribution in [3.8, 4) is 11.5 Å². The summed E-state index contributed by atoms with van der Waals surface area (Å²) in [6.45, 7) is 0.527. The number of aliphatic carboxylic acids is 2. The second-order valence-corrected chi connectivity index (χ2v) is 11.4. The average Bonchev–Trinajstić information content (AvgIpc) is 3.24. The second-order valence-electron chi connectivity index (χ2n) is 8.18. The molecule has 2 heterocycles. The topological polar surface area (TPSA) is 208 Å². The van der Waals surface area contributed by atoms with Gasteiger partial charge in [0.05, 0.1) is 24.9 Å². The van der Waals surface area contributed by atoms with E-state index in [4.69, 9.17) is 30.2 Å². The number of carboxylic acid groups (broad SMARTS) is 2. The molecule has 2 aromatic carbocycles. The van der Waals surface area contributed by atoms with Crippen LogP contribution in [-0.2, 0) is 42.1 Å². The number of sulfone groups is 1. The van der Waals surface area contributed by atoms with Gasteiger partial charge in [0, 0.05) is 36.8 Å². The molecule has 218 valence electrons. The predicted molar refractivity (Wildman–Crippen MR) is 140 cm³/mol. The van der Waals surface area contributed by atoms with Crippen LogP contribution in [-0.4, -0.2) is 102 Å². The fraction of sp³-hybridized carbons (Fsp3) is 0.333. The van der Waals surface area contributed by atoms with E-state index >= 15 is 0 Å². The van der Waals surface area contributed by atoms with Crippen LogP contribution in [0.3, 0.4) is 0 Å². The van der Waals surface area contributed by atoms with Crippen LogP contribution in [0.15, 0.2) is 46.2 Å². The zero-order valence-electron chi connectivity index (χ0n) is 21.5. The van der Waals surface area contributed by atoms with Crippen molar-refractivity contribution in [3.63, 3.8) is 0 Å². The highest BCUT2D eigenvalue weighted by atomic mass is 32.2. The summed E-state index contributed by atoms with van der Waals surface area (Å²) in [5.74, 6) is -3.44. The van der Waals surface area contributed by atoms with E-state index in [1.807, 2.05) is 18.2 Å². The average molecular weight is 601 g/mol. The maximum absolute atomic E-state index is 12.1. The standard InChI is InChI=1S/C12H13NO6S.C12H13NO4S.H2O2/c1-19-9-2-3-10-8(6-9)7-13(11(14)12(15)16)4-5-20(10,17)18;1-17-9-2-3-10-8(6-9)7-13(4-5-18-10)11(14)12(15)16;1-2/h2-3,6H,4-5,7H2,1H3,(H,15,16);2-3,6H,4-5,7H2,1H3,(H,15,16);1-2H. The Kier molecular flexibility index (Phi) is 11.7.